The second-order valence-electron chi connectivity index (χ2n) is 3.09. The average molecular weight is 154 g/mol. The van der Waals surface area contributed by atoms with E-state index in [9.17, 15) is 0 Å². The van der Waals surface area contributed by atoms with Crippen molar-refractivity contribution in [3.8, 4) is 0 Å². The van der Waals surface area contributed by atoms with Crippen molar-refractivity contribution in [1.82, 2.24) is 0 Å². The molecule has 2 unspecified atom stereocenters. The Labute approximate surface area is 69.4 Å². The minimum atomic E-state index is -0.317. The van der Waals surface area contributed by atoms with Crippen molar-refractivity contribution in [3.63, 3.8) is 0 Å². The molecule has 0 aliphatic heterocycles. The van der Waals surface area contributed by atoms with Crippen LogP contribution in [0.1, 0.15) is 27.2 Å². The summed E-state index contributed by atoms with van der Waals surface area (Å²) in [6.45, 7) is 9.51. The summed E-state index contributed by atoms with van der Waals surface area (Å²) in [6.07, 6.45) is 4.65. The highest BCUT2D eigenvalue weighted by atomic mass is 16.3. The molecule has 0 amide bonds. The molecule has 11 heavy (non-hydrogen) atoms. The summed E-state index contributed by atoms with van der Waals surface area (Å²) in [5, 5.41) is 9.14. The predicted octanol–water partition coefficient (Wildman–Crippen LogP) is 2.53. The molecule has 0 heterocycles. The summed E-state index contributed by atoms with van der Waals surface area (Å²) in [5.74, 6) is 0.488. The third kappa shape index (κ3) is 4.79. The summed E-state index contributed by atoms with van der Waals surface area (Å²) < 4.78 is 0. The van der Waals surface area contributed by atoms with Crippen LogP contribution in [0, 0.1) is 5.92 Å². The topological polar surface area (TPSA) is 20.2 Å². The Bertz CT molecular complexity index is 145. The van der Waals surface area contributed by atoms with E-state index in [1.165, 1.54) is 0 Å². The molecule has 0 saturated carbocycles. The SMILES string of the molecule is C=CCC(C)/C=C(\C)C(C)O. The number of aliphatic hydroxyl groups excluding tert-OH is 1. The van der Waals surface area contributed by atoms with E-state index >= 15 is 0 Å². The molecule has 0 saturated heterocycles. The molecule has 0 spiro atoms. The third-order valence-corrected chi connectivity index (χ3v) is 1.74. The van der Waals surface area contributed by atoms with Crippen LogP contribution in [0.3, 0.4) is 0 Å². The van der Waals surface area contributed by atoms with Crippen LogP contribution in [-0.2, 0) is 0 Å². The van der Waals surface area contributed by atoms with Crippen molar-refractivity contribution in [2.45, 2.75) is 33.3 Å². The first kappa shape index (κ1) is 10.4. The number of rotatable bonds is 4. The van der Waals surface area contributed by atoms with Gasteiger partial charge in [0.15, 0.2) is 0 Å². The van der Waals surface area contributed by atoms with Gasteiger partial charge < -0.3 is 5.11 Å². The quantitative estimate of drug-likeness (QED) is 0.617. The molecular formula is C10H18O. The summed E-state index contributed by atoms with van der Waals surface area (Å²) in [4.78, 5) is 0. The summed E-state index contributed by atoms with van der Waals surface area (Å²) in [5.41, 5.74) is 1.04. The van der Waals surface area contributed by atoms with E-state index < -0.39 is 0 Å². The normalized spacial score (nSPS) is 17.6. The summed E-state index contributed by atoms with van der Waals surface area (Å²) in [7, 11) is 0. The van der Waals surface area contributed by atoms with Gasteiger partial charge in [-0.3, -0.25) is 0 Å². The van der Waals surface area contributed by atoms with Gasteiger partial charge in [0, 0.05) is 0 Å². The van der Waals surface area contributed by atoms with Gasteiger partial charge >= 0.3 is 0 Å². The van der Waals surface area contributed by atoms with Gasteiger partial charge in [0.05, 0.1) is 6.10 Å². The molecule has 0 aliphatic carbocycles. The fourth-order valence-electron chi connectivity index (χ4n) is 0.919. The molecule has 2 atom stereocenters. The number of aliphatic hydroxyl groups is 1. The highest BCUT2D eigenvalue weighted by molar-refractivity contribution is 5.05. The molecule has 0 radical (unpaired) electrons. The van der Waals surface area contributed by atoms with Crippen LogP contribution in [0.4, 0.5) is 0 Å². The Hall–Kier alpha value is -0.560. The first-order valence-electron chi connectivity index (χ1n) is 4.05. The summed E-state index contributed by atoms with van der Waals surface area (Å²) >= 11 is 0. The van der Waals surface area contributed by atoms with Gasteiger partial charge in [0.25, 0.3) is 0 Å². The predicted molar refractivity (Wildman–Crippen MR) is 49.4 cm³/mol. The van der Waals surface area contributed by atoms with Gasteiger partial charge in [-0.1, -0.05) is 19.1 Å². The Balaban J connectivity index is 3.95. The fourth-order valence-corrected chi connectivity index (χ4v) is 0.919. The Kier molecular flexibility index (Phi) is 4.88. The molecule has 1 nitrogen and oxygen atoms in total. The van der Waals surface area contributed by atoms with Crippen LogP contribution in [0.2, 0.25) is 0 Å². The Morgan fingerprint density at radius 2 is 2.09 bits per heavy atom. The van der Waals surface area contributed by atoms with Crippen molar-refractivity contribution in [2.75, 3.05) is 0 Å². The summed E-state index contributed by atoms with van der Waals surface area (Å²) in [6, 6.07) is 0. The maximum absolute atomic E-state index is 9.14. The average Bonchev–Trinajstić information content (AvgIpc) is 1.87. The third-order valence-electron chi connectivity index (χ3n) is 1.74. The lowest BCUT2D eigenvalue weighted by molar-refractivity contribution is 0.230. The monoisotopic (exact) mass is 154 g/mol. The highest BCUT2D eigenvalue weighted by Crippen LogP contribution is 2.09. The van der Waals surface area contributed by atoms with Gasteiger partial charge in [0.1, 0.15) is 0 Å². The molecule has 0 aromatic carbocycles. The lowest BCUT2D eigenvalue weighted by Gasteiger charge is -2.07. The van der Waals surface area contributed by atoms with Gasteiger partial charge in [-0.25, -0.2) is 0 Å². The molecule has 0 aliphatic rings. The van der Waals surface area contributed by atoms with Gasteiger partial charge in [-0.2, -0.15) is 0 Å². The van der Waals surface area contributed by atoms with Crippen molar-refractivity contribution in [3.05, 3.63) is 24.3 Å². The Morgan fingerprint density at radius 1 is 1.55 bits per heavy atom. The lowest BCUT2D eigenvalue weighted by Crippen LogP contribution is -2.02. The van der Waals surface area contributed by atoms with Crippen LogP contribution in [0.15, 0.2) is 24.3 Å². The molecule has 64 valence electrons. The van der Waals surface area contributed by atoms with E-state index in [1.807, 2.05) is 13.0 Å². The first-order chi connectivity index (χ1) is 5.07. The minimum absolute atomic E-state index is 0.317. The highest BCUT2D eigenvalue weighted by Gasteiger charge is 2.00. The molecule has 0 aromatic rings. The number of hydrogen-bond acceptors (Lipinski definition) is 1. The molecule has 1 heteroatoms. The second kappa shape index (κ2) is 5.14. The minimum Gasteiger partial charge on any atom is -0.389 e. The largest absolute Gasteiger partial charge is 0.389 e. The van der Waals surface area contributed by atoms with E-state index in [0.29, 0.717) is 5.92 Å². The maximum atomic E-state index is 9.14. The Morgan fingerprint density at radius 3 is 2.45 bits per heavy atom. The lowest BCUT2D eigenvalue weighted by atomic mass is 10.0. The van der Waals surface area contributed by atoms with Crippen LogP contribution in [-0.4, -0.2) is 11.2 Å². The van der Waals surface area contributed by atoms with Gasteiger partial charge in [-0.15, -0.1) is 6.58 Å². The van der Waals surface area contributed by atoms with Crippen molar-refractivity contribution < 1.29 is 5.11 Å². The number of hydrogen-bond donors (Lipinski definition) is 1. The van der Waals surface area contributed by atoms with Crippen LogP contribution in [0.25, 0.3) is 0 Å². The molecule has 0 fully saturated rings. The zero-order valence-corrected chi connectivity index (χ0v) is 7.67. The maximum Gasteiger partial charge on any atom is 0.0719 e. The molecule has 0 bridgehead atoms. The standard InChI is InChI=1S/C10H18O/c1-5-6-8(2)7-9(3)10(4)11/h5,7-8,10-11H,1,6H2,2-4H3/b9-7+. The van der Waals surface area contributed by atoms with E-state index in [-0.39, 0.29) is 6.10 Å². The van der Waals surface area contributed by atoms with Crippen LogP contribution < -0.4 is 0 Å². The zero-order chi connectivity index (χ0) is 8.85. The molecule has 0 aromatic heterocycles. The van der Waals surface area contributed by atoms with E-state index in [4.69, 9.17) is 5.11 Å². The van der Waals surface area contributed by atoms with Crippen LogP contribution in [0.5, 0.6) is 0 Å². The van der Waals surface area contributed by atoms with Gasteiger partial charge in [0.2, 0.25) is 0 Å². The molecular weight excluding hydrogens is 136 g/mol. The zero-order valence-electron chi connectivity index (χ0n) is 7.67. The van der Waals surface area contributed by atoms with E-state index in [1.54, 1.807) is 6.92 Å². The van der Waals surface area contributed by atoms with Crippen molar-refractivity contribution in [1.29, 1.82) is 0 Å². The van der Waals surface area contributed by atoms with Crippen LogP contribution >= 0.6 is 0 Å². The van der Waals surface area contributed by atoms with E-state index in [2.05, 4.69) is 19.6 Å². The smallest absolute Gasteiger partial charge is 0.0719 e. The second-order valence-corrected chi connectivity index (χ2v) is 3.09. The first-order valence-corrected chi connectivity index (χ1v) is 4.05. The molecule has 1 N–H and O–H groups in total. The molecule has 0 rings (SSSR count). The number of allylic oxidation sites excluding steroid dienone is 2. The van der Waals surface area contributed by atoms with Gasteiger partial charge in [-0.05, 0) is 31.8 Å². The van der Waals surface area contributed by atoms with Crippen molar-refractivity contribution in [2.24, 2.45) is 5.92 Å². The van der Waals surface area contributed by atoms with E-state index in [0.717, 1.165) is 12.0 Å². The fraction of sp³-hybridized carbons (Fsp3) is 0.600. The van der Waals surface area contributed by atoms with Crippen molar-refractivity contribution >= 4 is 0 Å².